The molecule has 44 heavy (non-hydrogen) atoms. The van der Waals surface area contributed by atoms with E-state index in [1.807, 2.05) is 0 Å². The maximum absolute atomic E-state index is 2.70. The maximum Gasteiger partial charge on any atom is 0.247 e. The van der Waals surface area contributed by atoms with Crippen molar-refractivity contribution in [3.05, 3.63) is 124 Å². The molecule has 0 unspecified atom stereocenters. The summed E-state index contributed by atoms with van der Waals surface area (Å²) in [7, 11) is 0. The molecule has 0 saturated carbocycles. The maximum atomic E-state index is 2.70. The molecule has 0 saturated heterocycles. The number of hydrogen-bond acceptors (Lipinski definition) is 1. The zero-order valence-electron chi connectivity index (χ0n) is 27.1. The molecule has 0 amide bonds. The van der Waals surface area contributed by atoms with Crippen LogP contribution in [-0.2, 0) is 23.7 Å². The van der Waals surface area contributed by atoms with Crippen molar-refractivity contribution in [3.8, 4) is 0 Å². The van der Waals surface area contributed by atoms with Crippen LogP contribution in [0, 0.1) is 6.92 Å². The Hall–Kier alpha value is -3.97. The largest absolute Gasteiger partial charge is 0.313 e. The van der Waals surface area contributed by atoms with Gasteiger partial charge in [-0.3, -0.25) is 0 Å². The van der Waals surface area contributed by atoms with E-state index in [4.69, 9.17) is 0 Å². The second kappa shape index (κ2) is 8.60. The summed E-state index contributed by atoms with van der Waals surface area (Å²) >= 11 is 0. The highest BCUT2D eigenvalue weighted by molar-refractivity contribution is 7.03. The minimum absolute atomic E-state index is 0.0707. The third-order valence-electron chi connectivity index (χ3n) is 11.7. The monoisotopic (exact) mass is 567 g/mol. The Morgan fingerprint density at radius 3 is 1.43 bits per heavy atom. The Labute approximate surface area is 263 Å². The summed E-state index contributed by atoms with van der Waals surface area (Å²) in [5, 5.41) is 0. The molecule has 0 aliphatic carbocycles. The van der Waals surface area contributed by atoms with E-state index < -0.39 is 0 Å². The van der Waals surface area contributed by atoms with Crippen LogP contribution in [0.3, 0.4) is 0 Å². The van der Waals surface area contributed by atoms with E-state index in [2.05, 4.69) is 138 Å². The minimum Gasteiger partial charge on any atom is -0.313 e. The average Bonchev–Trinajstić information content (AvgIpc) is 3.02. The average molecular weight is 567 g/mol. The van der Waals surface area contributed by atoms with Crippen molar-refractivity contribution in [1.82, 2.24) is 0 Å². The van der Waals surface area contributed by atoms with Crippen LogP contribution in [0.15, 0.2) is 84.9 Å². The number of hydrogen-bond donors (Lipinski definition) is 0. The molecule has 0 fully saturated rings. The molecule has 0 aromatic heterocycles. The Kier molecular flexibility index (Phi) is 5.16. The van der Waals surface area contributed by atoms with Crippen molar-refractivity contribution in [2.45, 2.75) is 72.1 Å². The van der Waals surface area contributed by atoms with E-state index in [9.17, 15) is 0 Å². The molecule has 4 heterocycles. The van der Waals surface area contributed by atoms with Gasteiger partial charge in [0.2, 0.25) is 13.4 Å². The zero-order chi connectivity index (χ0) is 30.3. The smallest absolute Gasteiger partial charge is 0.247 e. The van der Waals surface area contributed by atoms with E-state index in [1.54, 1.807) is 11.1 Å². The van der Waals surface area contributed by atoms with Crippen molar-refractivity contribution in [1.29, 1.82) is 0 Å². The molecule has 9 rings (SSSR count). The van der Waals surface area contributed by atoms with Crippen LogP contribution in [0.2, 0.25) is 0 Å². The molecule has 3 heteroatoms. The predicted molar refractivity (Wildman–Crippen MR) is 191 cm³/mol. The van der Waals surface area contributed by atoms with Crippen LogP contribution in [0.1, 0.15) is 80.5 Å². The summed E-state index contributed by atoms with van der Waals surface area (Å²) in [4.78, 5) is 2.70. The van der Waals surface area contributed by atoms with E-state index >= 15 is 0 Å². The van der Waals surface area contributed by atoms with Gasteiger partial charge >= 0.3 is 0 Å². The molecule has 1 nitrogen and oxygen atoms in total. The van der Waals surface area contributed by atoms with Gasteiger partial charge in [-0.05, 0) is 87.1 Å². The second-order valence-corrected chi connectivity index (χ2v) is 14.7. The fourth-order valence-corrected chi connectivity index (χ4v) is 10.1. The summed E-state index contributed by atoms with van der Waals surface area (Å²) in [5.41, 5.74) is 23.3. The molecule has 0 N–H and O–H groups in total. The van der Waals surface area contributed by atoms with Crippen LogP contribution in [-0.4, -0.2) is 13.4 Å². The van der Waals surface area contributed by atoms with Crippen LogP contribution in [0.5, 0.6) is 0 Å². The first kappa shape index (κ1) is 26.4. The fraction of sp³-hybridized carbons (Fsp3) is 0.268. The van der Waals surface area contributed by atoms with E-state index in [-0.39, 0.29) is 24.3 Å². The summed E-state index contributed by atoms with van der Waals surface area (Å²) < 4.78 is 0. The van der Waals surface area contributed by atoms with Gasteiger partial charge in [0, 0.05) is 27.9 Å². The summed E-state index contributed by atoms with van der Waals surface area (Å²) in [6, 6.07) is 33.5. The van der Waals surface area contributed by atoms with E-state index in [1.165, 1.54) is 77.7 Å². The number of fused-ring (bicyclic) bond motifs is 8. The first-order chi connectivity index (χ1) is 21.2. The Morgan fingerprint density at radius 2 is 1.00 bits per heavy atom. The second-order valence-electron chi connectivity index (χ2n) is 14.7. The van der Waals surface area contributed by atoms with Gasteiger partial charge in [0.1, 0.15) is 0 Å². The van der Waals surface area contributed by atoms with Gasteiger partial charge in [-0.1, -0.05) is 131 Å². The molecule has 0 radical (unpaired) electrons. The highest BCUT2D eigenvalue weighted by atomic mass is 15.2. The molecule has 0 spiro atoms. The quantitative estimate of drug-likeness (QED) is 0.249. The first-order valence-electron chi connectivity index (χ1n) is 16.7. The number of benzene rings is 5. The summed E-state index contributed by atoms with van der Waals surface area (Å²) in [5.74, 6) is 0. The molecule has 5 aromatic rings. The van der Waals surface area contributed by atoms with Crippen molar-refractivity contribution in [2.75, 3.05) is 4.90 Å². The first-order valence-corrected chi connectivity index (χ1v) is 16.7. The molecule has 0 bridgehead atoms. The Balaban J connectivity index is 1.48. The lowest BCUT2D eigenvalue weighted by Crippen LogP contribution is -2.70. The highest BCUT2D eigenvalue weighted by Gasteiger charge is 2.52. The molecule has 4 aliphatic rings. The number of nitrogens with zero attached hydrogens (tertiary/aromatic N) is 1. The van der Waals surface area contributed by atoms with Crippen molar-refractivity contribution >= 4 is 63.3 Å². The predicted octanol–water partition coefficient (Wildman–Crippen LogP) is 5.53. The van der Waals surface area contributed by atoms with Crippen LogP contribution >= 0.6 is 0 Å². The number of anilines is 3. The van der Waals surface area contributed by atoms with Gasteiger partial charge < -0.3 is 4.90 Å². The van der Waals surface area contributed by atoms with Gasteiger partial charge in [-0.25, -0.2) is 0 Å². The van der Waals surface area contributed by atoms with Gasteiger partial charge in [-0.2, -0.15) is 0 Å². The van der Waals surface area contributed by atoms with Gasteiger partial charge in [-0.15, -0.1) is 0 Å². The standard InChI is InChI=1S/C41H39B2N/c1-8-25-18-20-33-37-35(25)40(4,5)27-14-10-12-16-29(27)42(37)31-22-24(3)23-32-39(31)44(33)34-21-19-26(9-2)36-38(34)43(32)30-17-13-11-15-28(30)41(36,6)7/h10-23H,8-9H2,1-7H3. The Bertz CT molecular complexity index is 1940. The normalized spacial score (nSPS) is 16.9. The molecular formula is C41H39B2N. The highest BCUT2D eigenvalue weighted by Crippen LogP contribution is 2.47. The van der Waals surface area contributed by atoms with Gasteiger partial charge in [0.05, 0.1) is 0 Å². The molecule has 0 atom stereocenters. The van der Waals surface area contributed by atoms with Crippen LogP contribution in [0.4, 0.5) is 17.1 Å². The van der Waals surface area contributed by atoms with Gasteiger partial charge in [0.25, 0.3) is 0 Å². The van der Waals surface area contributed by atoms with Crippen molar-refractivity contribution in [3.63, 3.8) is 0 Å². The molecular weight excluding hydrogens is 528 g/mol. The Morgan fingerprint density at radius 1 is 0.568 bits per heavy atom. The summed E-state index contributed by atoms with van der Waals surface area (Å²) in [6.45, 7) is 17.3. The number of aryl methyl sites for hydroxylation is 3. The SMILES string of the molecule is CCc1ccc2c3c1C(C)(C)c1ccccc1B3c1cc(C)cc3c1N2c1ccc(CC)c2c1B3c1ccccc1C2(C)C. The third-order valence-corrected chi connectivity index (χ3v) is 11.7. The molecule has 214 valence electrons. The van der Waals surface area contributed by atoms with E-state index in [0.717, 1.165) is 12.8 Å². The lowest BCUT2D eigenvalue weighted by atomic mass is 9.26. The topological polar surface area (TPSA) is 3.24 Å². The van der Waals surface area contributed by atoms with Crippen molar-refractivity contribution in [2.24, 2.45) is 0 Å². The molecule has 5 aromatic carbocycles. The van der Waals surface area contributed by atoms with E-state index in [0.29, 0.717) is 0 Å². The van der Waals surface area contributed by atoms with Crippen LogP contribution in [0.25, 0.3) is 0 Å². The molecule has 4 aliphatic heterocycles. The summed E-state index contributed by atoms with van der Waals surface area (Å²) in [6.07, 6.45) is 2.08. The fourth-order valence-electron chi connectivity index (χ4n) is 10.1. The lowest BCUT2D eigenvalue weighted by molar-refractivity contribution is 0.637. The van der Waals surface area contributed by atoms with Gasteiger partial charge in [0.15, 0.2) is 0 Å². The third kappa shape index (κ3) is 2.99. The van der Waals surface area contributed by atoms with Crippen LogP contribution < -0.4 is 37.7 Å². The zero-order valence-corrected chi connectivity index (χ0v) is 27.1. The minimum atomic E-state index is -0.0707. The van der Waals surface area contributed by atoms with Crippen molar-refractivity contribution < 1.29 is 0 Å². The lowest BCUT2D eigenvalue weighted by Gasteiger charge is -2.51. The number of rotatable bonds is 2.